The van der Waals surface area contributed by atoms with Gasteiger partial charge in [0, 0.05) is 13.1 Å². The topological polar surface area (TPSA) is 87.7 Å². The van der Waals surface area contributed by atoms with Gasteiger partial charge in [-0.15, -0.1) is 0 Å². The summed E-state index contributed by atoms with van der Waals surface area (Å²) in [6.07, 6.45) is 2.13. The fourth-order valence-corrected chi connectivity index (χ4v) is 1.72. The second-order valence-electron chi connectivity index (χ2n) is 4.94. The predicted molar refractivity (Wildman–Crippen MR) is 66.3 cm³/mol. The zero-order chi connectivity index (χ0) is 13.6. The minimum Gasteiger partial charge on any atom is -0.480 e. The second-order valence-corrected chi connectivity index (χ2v) is 4.94. The normalized spacial score (nSPS) is 18.8. The summed E-state index contributed by atoms with van der Waals surface area (Å²) < 4.78 is 5.44. The first-order valence-corrected chi connectivity index (χ1v) is 6.34. The SMILES string of the molecule is CCCC[C@H](NC(=O)COC1(C)CNC1)C(=O)O. The molecule has 1 heterocycles. The Morgan fingerprint density at radius 3 is 2.61 bits per heavy atom. The summed E-state index contributed by atoms with van der Waals surface area (Å²) in [5.41, 5.74) is -0.292. The Morgan fingerprint density at radius 1 is 1.50 bits per heavy atom. The number of ether oxygens (including phenoxy) is 1. The number of carbonyl (C=O) groups excluding carboxylic acids is 1. The standard InChI is InChI=1S/C12H22N2O4/c1-3-4-5-9(11(16)17)14-10(15)6-18-12(2)7-13-8-12/h9,13H,3-8H2,1-2H3,(H,14,15)(H,16,17)/t9-/m0/s1. The van der Waals surface area contributed by atoms with Crippen LogP contribution in [0.25, 0.3) is 0 Å². The minimum absolute atomic E-state index is 0.0892. The monoisotopic (exact) mass is 258 g/mol. The maximum atomic E-state index is 11.6. The van der Waals surface area contributed by atoms with Crippen LogP contribution >= 0.6 is 0 Å². The lowest BCUT2D eigenvalue weighted by Crippen LogP contribution is -2.60. The first-order valence-electron chi connectivity index (χ1n) is 6.34. The predicted octanol–water partition coefficient (Wildman–Crippen LogP) is 0.125. The average Bonchev–Trinajstić information content (AvgIpc) is 2.29. The van der Waals surface area contributed by atoms with Gasteiger partial charge in [-0.25, -0.2) is 4.79 Å². The van der Waals surface area contributed by atoms with Gasteiger partial charge in [0.25, 0.3) is 0 Å². The van der Waals surface area contributed by atoms with Crippen molar-refractivity contribution >= 4 is 11.9 Å². The van der Waals surface area contributed by atoms with Gasteiger partial charge in [-0.05, 0) is 13.3 Å². The van der Waals surface area contributed by atoms with Crippen LogP contribution in [0.2, 0.25) is 0 Å². The van der Waals surface area contributed by atoms with Crippen LogP contribution in [0, 0.1) is 0 Å². The minimum atomic E-state index is -0.992. The first-order chi connectivity index (χ1) is 8.47. The number of aliphatic carboxylic acids is 1. The molecule has 1 aliphatic heterocycles. The average molecular weight is 258 g/mol. The van der Waals surface area contributed by atoms with Gasteiger partial charge in [-0.3, -0.25) is 4.79 Å². The van der Waals surface area contributed by atoms with E-state index in [0.717, 1.165) is 25.9 Å². The van der Waals surface area contributed by atoms with Gasteiger partial charge in [0.1, 0.15) is 12.6 Å². The fourth-order valence-electron chi connectivity index (χ4n) is 1.72. The molecule has 0 unspecified atom stereocenters. The molecule has 0 saturated carbocycles. The van der Waals surface area contributed by atoms with Gasteiger partial charge in [0.2, 0.25) is 5.91 Å². The molecule has 1 atom stereocenters. The summed E-state index contributed by atoms with van der Waals surface area (Å²) in [6.45, 7) is 5.25. The van der Waals surface area contributed by atoms with E-state index < -0.39 is 12.0 Å². The molecule has 18 heavy (non-hydrogen) atoms. The molecule has 0 radical (unpaired) electrons. The molecule has 0 aromatic carbocycles. The first kappa shape index (κ1) is 14.9. The van der Waals surface area contributed by atoms with Crippen molar-refractivity contribution in [2.75, 3.05) is 19.7 Å². The van der Waals surface area contributed by atoms with Crippen molar-refractivity contribution < 1.29 is 19.4 Å². The zero-order valence-electron chi connectivity index (χ0n) is 11.0. The summed E-state index contributed by atoms with van der Waals surface area (Å²) in [5, 5.41) is 14.5. The van der Waals surface area contributed by atoms with Crippen LogP contribution in [0.5, 0.6) is 0 Å². The number of carboxylic acid groups (broad SMARTS) is 1. The summed E-state index contributed by atoms with van der Waals surface area (Å²) >= 11 is 0. The van der Waals surface area contributed by atoms with Crippen LogP contribution in [0.15, 0.2) is 0 Å². The number of nitrogens with one attached hydrogen (secondary N) is 2. The molecular weight excluding hydrogens is 236 g/mol. The fraction of sp³-hybridized carbons (Fsp3) is 0.833. The molecule has 1 aliphatic rings. The van der Waals surface area contributed by atoms with Gasteiger partial charge >= 0.3 is 5.97 Å². The molecule has 0 aromatic rings. The van der Waals surface area contributed by atoms with E-state index in [1.165, 1.54) is 0 Å². The summed E-state index contributed by atoms with van der Waals surface area (Å²) in [5.74, 6) is -1.36. The largest absolute Gasteiger partial charge is 0.480 e. The number of amides is 1. The Labute approximate surface area is 107 Å². The molecule has 3 N–H and O–H groups in total. The molecule has 0 bridgehead atoms. The van der Waals surface area contributed by atoms with Crippen molar-refractivity contribution in [1.29, 1.82) is 0 Å². The highest BCUT2D eigenvalue weighted by Gasteiger charge is 2.33. The van der Waals surface area contributed by atoms with Crippen LogP contribution in [0.1, 0.15) is 33.1 Å². The van der Waals surface area contributed by atoms with E-state index >= 15 is 0 Å². The molecule has 1 fully saturated rings. The number of hydrogen-bond acceptors (Lipinski definition) is 4. The number of hydrogen-bond donors (Lipinski definition) is 3. The molecular formula is C12H22N2O4. The second kappa shape index (κ2) is 6.70. The number of rotatable bonds is 8. The molecule has 6 heteroatoms. The molecule has 104 valence electrons. The molecule has 0 spiro atoms. The van der Waals surface area contributed by atoms with Crippen LogP contribution in [-0.2, 0) is 14.3 Å². The highest BCUT2D eigenvalue weighted by molar-refractivity contribution is 5.84. The number of carbonyl (C=O) groups is 2. The molecule has 0 aliphatic carbocycles. The third kappa shape index (κ3) is 4.62. The lowest BCUT2D eigenvalue weighted by Gasteiger charge is -2.38. The maximum absolute atomic E-state index is 11.6. The van der Waals surface area contributed by atoms with Gasteiger partial charge in [0.15, 0.2) is 0 Å². The summed E-state index contributed by atoms with van der Waals surface area (Å²) in [6, 6.07) is -0.812. The third-order valence-corrected chi connectivity index (χ3v) is 3.03. The third-order valence-electron chi connectivity index (χ3n) is 3.03. The van der Waals surface area contributed by atoms with E-state index in [1.807, 2.05) is 13.8 Å². The van der Waals surface area contributed by atoms with Crippen LogP contribution < -0.4 is 10.6 Å². The van der Waals surface area contributed by atoms with E-state index in [2.05, 4.69) is 10.6 Å². The van der Waals surface area contributed by atoms with E-state index in [4.69, 9.17) is 9.84 Å². The smallest absolute Gasteiger partial charge is 0.326 e. The lowest BCUT2D eigenvalue weighted by atomic mass is 10.0. The van der Waals surface area contributed by atoms with Crippen molar-refractivity contribution in [1.82, 2.24) is 10.6 Å². The van der Waals surface area contributed by atoms with Gasteiger partial charge in [0.05, 0.1) is 5.60 Å². The van der Waals surface area contributed by atoms with Crippen molar-refractivity contribution in [3.8, 4) is 0 Å². The van der Waals surface area contributed by atoms with Crippen LogP contribution in [-0.4, -0.2) is 48.3 Å². The van der Waals surface area contributed by atoms with Gasteiger partial charge in [-0.1, -0.05) is 19.8 Å². The Morgan fingerprint density at radius 2 is 2.17 bits per heavy atom. The van der Waals surface area contributed by atoms with E-state index in [0.29, 0.717) is 6.42 Å². The Hall–Kier alpha value is -1.14. The Kier molecular flexibility index (Phi) is 5.55. The summed E-state index contributed by atoms with van der Waals surface area (Å²) in [4.78, 5) is 22.5. The van der Waals surface area contributed by atoms with E-state index in [1.54, 1.807) is 0 Å². The van der Waals surface area contributed by atoms with Crippen LogP contribution in [0.3, 0.4) is 0 Å². The highest BCUT2D eigenvalue weighted by atomic mass is 16.5. The molecule has 1 saturated heterocycles. The zero-order valence-corrected chi connectivity index (χ0v) is 11.0. The summed E-state index contributed by atoms with van der Waals surface area (Å²) in [7, 11) is 0. The van der Waals surface area contributed by atoms with Crippen molar-refractivity contribution in [2.24, 2.45) is 0 Å². The number of unbranched alkanes of at least 4 members (excludes halogenated alkanes) is 1. The Balaban J connectivity index is 2.29. The van der Waals surface area contributed by atoms with Gasteiger partial charge in [-0.2, -0.15) is 0 Å². The van der Waals surface area contributed by atoms with Crippen molar-refractivity contribution in [3.63, 3.8) is 0 Å². The molecule has 6 nitrogen and oxygen atoms in total. The molecule has 0 aromatic heterocycles. The maximum Gasteiger partial charge on any atom is 0.326 e. The molecule has 1 amide bonds. The van der Waals surface area contributed by atoms with E-state index in [-0.39, 0.29) is 18.1 Å². The van der Waals surface area contributed by atoms with Crippen molar-refractivity contribution in [2.45, 2.75) is 44.8 Å². The number of carboxylic acids is 1. The molecule has 1 rings (SSSR count). The Bertz CT molecular complexity index is 302. The van der Waals surface area contributed by atoms with Gasteiger partial charge < -0.3 is 20.5 Å². The quantitative estimate of drug-likeness (QED) is 0.576. The van der Waals surface area contributed by atoms with E-state index in [9.17, 15) is 9.59 Å². The lowest BCUT2D eigenvalue weighted by molar-refractivity contribution is -0.145. The van der Waals surface area contributed by atoms with Crippen LogP contribution in [0.4, 0.5) is 0 Å². The highest BCUT2D eigenvalue weighted by Crippen LogP contribution is 2.14. The van der Waals surface area contributed by atoms with Crippen molar-refractivity contribution in [3.05, 3.63) is 0 Å².